The minimum absolute atomic E-state index is 0.424. The Bertz CT molecular complexity index is 316. The zero-order chi connectivity index (χ0) is 10.7. The zero-order valence-corrected chi connectivity index (χ0v) is 9.45. The second-order valence-electron chi connectivity index (χ2n) is 4.41. The molecule has 2 nitrogen and oxygen atoms in total. The third kappa shape index (κ3) is 2.39. The molecule has 1 aliphatic heterocycles. The van der Waals surface area contributed by atoms with Gasteiger partial charge in [0.1, 0.15) is 0 Å². The van der Waals surface area contributed by atoms with E-state index in [9.17, 15) is 0 Å². The average molecular weight is 204 g/mol. The van der Waals surface area contributed by atoms with E-state index in [1.165, 1.54) is 37.1 Å². The Balaban J connectivity index is 2.18. The van der Waals surface area contributed by atoms with Crippen LogP contribution < -0.4 is 5.73 Å². The van der Waals surface area contributed by atoms with E-state index in [1.807, 2.05) is 0 Å². The van der Waals surface area contributed by atoms with E-state index < -0.39 is 0 Å². The van der Waals surface area contributed by atoms with Crippen molar-refractivity contribution < 1.29 is 0 Å². The van der Waals surface area contributed by atoms with E-state index in [4.69, 9.17) is 5.73 Å². The van der Waals surface area contributed by atoms with Crippen LogP contribution in [-0.2, 0) is 0 Å². The summed E-state index contributed by atoms with van der Waals surface area (Å²) in [5.74, 6) is 0. The van der Waals surface area contributed by atoms with Crippen LogP contribution in [0.4, 0.5) is 0 Å². The Morgan fingerprint density at radius 1 is 1.33 bits per heavy atom. The van der Waals surface area contributed by atoms with Crippen molar-refractivity contribution in [3.63, 3.8) is 0 Å². The van der Waals surface area contributed by atoms with Gasteiger partial charge >= 0.3 is 0 Å². The van der Waals surface area contributed by atoms with Gasteiger partial charge in [-0.25, -0.2) is 0 Å². The maximum absolute atomic E-state index is 5.89. The molecule has 0 aliphatic carbocycles. The fraction of sp³-hybridized carbons (Fsp3) is 0.538. The van der Waals surface area contributed by atoms with Crippen molar-refractivity contribution in [3.05, 3.63) is 35.4 Å². The lowest BCUT2D eigenvalue weighted by Gasteiger charge is -2.26. The fourth-order valence-electron chi connectivity index (χ4n) is 2.43. The van der Waals surface area contributed by atoms with Crippen LogP contribution in [0.2, 0.25) is 0 Å². The van der Waals surface area contributed by atoms with Crippen molar-refractivity contribution in [2.45, 2.75) is 25.8 Å². The van der Waals surface area contributed by atoms with Gasteiger partial charge in [-0.3, -0.25) is 4.90 Å². The minimum Gasteiger partial charge on any atom is -0.329 e. The molecule has 1 heterocycles. The van der Waals surface area contributed by atoms with E-state index in [-0.39, 0.29) is 0 Å². The van der Waals surface area contributed by atoms with Crippen molar-refractivity contribution in [2.75, 3.05) is 19.6 Å². The number of rotatable bonds is 3. The fourth-order valence-corrected chi connectivity index (χ4v) is 2.43. The van der Waals surface area contributed by atoms with Crippen LogP contribution >= 0.6 is 0 Å². The lowest BCUT2D eigenvalue weighted by molar-refractivity contribution is 0.251. The van der Waals surface area contributed by atoms with Gasteiger partial charge in [0.15, 0.2) is 0 Å². The maximum Gasteiger partial charge on any atom is 0.0470 e. The molecule has 15 heavy (non-hydrogen) atoms. The van der Waals surface area contributed by atoms with E-state index in [2.05, 4.69) is 36.1 Å². The predicted molar refractivity (Wildman–Crippen MR) is 63.8 cm³/mol. The summed E-state index contributed by atoms with van der Waals surface area (Å²) >= 11 is 0. The van der Waals surface area contributed by atoms with Crippen molar-refractivity contribution in [1.29, 1.82) is 0 Å². The Labute approximate surface area is 92.1 Å². The summed E-state index contributed by atoms with van der Waals surface area (Å²) in [6.45, 7) is 5.27. The first-order valence-electron chi connectivity index (χ1n) is 5.82. The van der Waals surface area contributed by atoms with Crippen LogP contribution in [-0.4, -0.2) is 24.5 Å². The van der Waals surface area contributed by atoms with Crippen LogP contribution in [0, 0.1) is 6.92 Å². The molecule has 0 bridgehead atoms. The molecule has 0 saturated carbocycles. The van der Waals surface area contributed by atoms with Gasteiger partial charge in [-0.1, -0.05) is 29.8 Å². The molecule has 1 fully saturated rings. The van der Waals surface area contributed by atoms with Crippen molar-refractivity contribution in [2.24, 2.45) is 5.73 Å². The van der Waals surface area contributed by atoms with Gasteiger partial charge in [0.2, 0.25) is 0 Å². The molecule has 82 valence electrons. The molecule has 0 amide bonds. The smallest absolute Gasteiger partial charge is 0.0470 e. The highest BCUT2D eigenvalue weighted by molar-refractivity contribution is 5.25. The zero-order valence-electron chi connectivity index (χ0n) is 9.45. The molecule has 0 unspecified atom stereocenters. The summed E-state index contributed by atoms with van der Waals surface area (Å²) in [5, 5.41) is 0. The van der Waals surface area contributed by atoms with Gasteiger partial charge < -0.3 is 5.73 Å². The summed E-state index contributed by atoms with van der Waals surface area (Å²) in [6, 6.07) is 9.15. The van der Waals surface area contributed by atoms with Crippen molar-refractivity contribution >= 4 is 0 Å². The first-order chi connectivity index (χ1) is 7.31. The molecular weight excluding hydrogens is 184 g/mol. The van der Waals surface area contributed by atoms with Gasteiger partial charge in [-0.2, -0.15) is 0 Å². The number of aryl methyl sites for hydroxylation is 1. The molecular formula is C13H20N2. The predicted octanol–water partition coefficient (Wildman–Crippen LogP) is 2.09. The normalized spacial score (nSPS) is 19.3. The number of likely N-dealkylation sites (tertiary alicyclic amines) is 1. The highest BCUT2D eigenvalue weighted by atomic mass is 15.2. The molecule has 1 atom stereocenters. The van der Waals surface area contributed by atoms with E-state index in [1.54, 1.807) is 0 Å². The van der Waals surface area contributed by atoms with Crippen LogP contribution in [0.5, 0.6) is 0 Å². The monoisotopic (exact) mass is 204 g/mol. The first-order valence-corrected chi connectivity index (χ1v) is 5.82. The molecule has 0 spiro atoms. The van der Waals surface area contributed by atoms with Gasteiger partial charge in [-0.05, 0) is 38.4 Å². The summed E-state index contributed by atoms with van der Waals surface area (Å²) in [7, 11) is 0. The SMILES string of the molecule is Cc1cccc([C@H](CN)N2CCCC2)c1. The van der Waals surface area contributed by atoms with E-state index in [0.29, 0.717) is 6.04 Å². The Hall–Kier alpha value is -0.860. The number of nitrogens with two attached hydrogens (primary N) is 1. The number of nitrogens with zero attached hydrogens (tertiary/aromatic N) is 1. The van der Waals surface area contributed by atoms with Crippen LogP contribution in [0.15, 0.2) is 24.3 Å². The molecule has 0 aromatic heterocycles. The number of hydrogen-bond donors (Lipinski definition) is 1. The van der Waals surface area contributed by atoms with Crippen molar-refractivity contribution in [3.8, 4) is 0 Å². The van der Waals surface area contributed by atoms with E-state index >= 15 is 0 Å². The topological polar surface area (TPSA) is 29.3 Å². The highest BCUT2D eigenvalue weighted by Crippen LogP contribution is 2.24. The molecule has 1 aromatic carbocycles. The number of benzene rings is 1. The van der Waals surface area contributed by atoms with Gasteiger partial charge in [0, 0.05) is 12.6 Å². The lowest BCUT2D eigenvalue weighted by atomic mass is 10.0. The van der Waals surface area contributed by atoms with Gasteiger partial charge in [0.05, 0.1) is 0 Å². The molecule has 1 saturated heterocycles. The quantitative estimate of drug-likeness (QED) is 0.817. The third-order valence-corrected chi connectivity index (χ3v) is 3.23. The number of hydrogen-bond acceptors (Lipinski definition) is 2. The summed E-state index contributed by atoms with van der Waals surface area (Å²) in [5.41, 5.74) is 8.59. The second-order valence-corrected chi connectivity index (χ2v) is 4.41. The largest absolute Gasteiger partial charge is 0.329 e. The molecule has 0 radical (unpaired) electrons. The summed E-state index contributed by atoms with van der Waals surface area (Å²) in [6.07, 6.45) is 2.64. The molecule has 1 aromatic rings. The van der Waals surface area contributed by atoms with Gasteiger partial charge in [0.25, 0.3) is 0 Å². The van der Waals surface area contributed by atoms with Crippen LogP contribution in [0.3, 0.4) is 0 Å². The first kappa shape index (κ1) is 10.7. The molecule has 2 heteroatoms. The standard InChI is InChI=1S/C13H20N2/c1-11-5-4-6-12(9-11)13(10-14)15-7-2-3-8-15/h4-6,9,13H,2-3,7-8,10,14H2,1H3/t13-/m0/s1. The Kier molecular flexibility index (Phi) is 3.39. The summed E-state index contributed by atoms with van der Waals surface area (Å²) < 4.78 is 0. The summed E-state index contributed by atoms with van der Waals surface area (Å²) in [4.78, 5) is 2.51. The Morgan fingerprint density at radius 2 is 2.07 bits per heavy atom. The second kappa shape index (κ2) is 4.77. The van der Waals surface area contributed by atoms with E-state index in [0.717, 1.165) is 6.54 Å². The van der Waals surface area contributed by atoms with Crippen LogP contribution in [0.25, 0.3) is 0 Å². The third-order valence-electron chi connectivity index (χ3n) is 3.23. The lowest BCUT2D eigenvalue weighted by Crippen LogP contribution is -2.31. The van der Waals surface area contributed by atoms with Crippen molar-refractivity contribution in [1.82, 2.24) is 4.90 Å². The molecule has 2 rings (SSSR count). The highest BCUT2D eigenvalue weighted by Gasteiger charge is 2.21. The minimum atomic E-state index is 0.424. The average Bonchev–Trinajstić information content (AvgIpc) is 2.72. The Morgan fingerprint density at radius 3 is 2.67 bits per heavy atom. The van der Waals surface area contributed by atoms with Crippen LogP contribution in [0.1, 0.15) is 30.0 Å². The molecule has 1 aliphatic rings. The maximum atomic E-state index is 5.89. The van der Waals surface area contributed by atoms with Gasteiger partial charge in [-0.15, -0.1) is 0 Å². The molecule has 2 N–H and O–H groups in total.